The van der Waals surface area contributed by atoms with Crippen LogP contribution >= 0.6 is 0 Å². The Kier molecular flexibility index (Phi) is 5.99. The largest absolute Gasteiger partial charge is 0.378 e. The summed E-state index contributed by atoms with van der Waals surface area (Å²) >= 11 is 0. The summed E-state index contributed by atoms with van der Waals surface area (Å²) in [5.74, 6) is 0.842. The number of carbonyl (C=O) groups excluding carboxylic acids is 1. The quantitative estimate of drug-likeness (QED) is 0.454. The van der Waals surface area contributed by atoms with E-state index >= 15 is 0 Å². The van der Waals surface area contributed by atoms with Crippen molar-refractivity contribution >= 4 is 17.8 Å². The molecule has 22 heavy (non-hydrogen) atoms. The summed E-state index contributed by atoms with van der Waals surface area (Å²) in [6, 6.07) is 8.06. The Balaban J connectivity index is 1.72. The summed E-state index contributed by atoms with van der Waals surface area (Å²) in [5.41, 5.74) is 4.81. The lowest BCUT2D eigenvalue weighted by Crippen LogP contribution is -2.20. The zero-order valence-electron chi connectivity index (χ0n) is 13.9. The van der Waals surface area contributed by atoms with Gasteiger partial charge in [0.2, 0.25) is 5.91 Å². The SMILES string of the molecule is CCCCC[C@H]1C[C@H]1C(=O)NN=Cc1ccc(N(C)C)cc1. The number of rotatable bonds is 8. The molecule has 1 aromatic carbocycles. The highest BCUT2D eigenvalue weighted by Gasteiger charge is 2.41. The summed E-state index contributed by atoms with van der Waals surface area (Å²) < 4.78 is 0. The molecule has 0 bridgehead atoms. The van der Waals surface area contributed by atoms with Crippen LogP contribution in [0.1, 0.15) is 44.6 Å². The second-order valence-corrected chi connectivity index (χ2v) is 6.32. The molecular weight excluding hydrogens is 274 g/mol. The van der Waals surface area contributed by atoms with Crippen molar-refractivity contribution in [1.29, 1.82) is 0 Å². The van der Waals surface area contributed by atoms with Crippen molar-refractivity contribution in [3.05, 3.63) is 29.8 Å². The molecule has 1 fully saturated rings. The van der Waals surface area contributed by atoms with E-state index in [1.807, 2.05) is 38.4 Å². The molecular formula is C18H27N3O. The van der Waals surface area contributed by atoms with Crippen molar-refractivity contribution in [1.82, 2.24) is 5.43 Å². The van der Waals surface area contributed by atoms with Gasteiger partial charge in [-0.25, -0.2) is 5.43 Å². The van der Waals surface area contributed by atoms with E-state index in [1.54, 1.807) is 6.21 Å². The standard InChI is InChI=1S/C18H27N3O/c1-4-5-6-7-15-12-17(15)18(22)20-19-13-14-8-10-16(11-9-14)21(2)3/h8-11,13,15,17H,4-7,12H2,1-3H3,(H,20,22)/t15-,17+/m0/s1. The van der Waals surface area contributed by atoms with Gasteiger partial charge in [0.15, 0.2) is 0 Å². The fourth-order valence-corrected chi connectivity index (χ4v) is 2.66. The highest BCUT2D eigenvalue weighted by molar-refractivity contribution is 5.85. The van der Waals surface area contributed by atoms with Crippen molar-refractivity contribution in [3.8, 4) is 0 Å². The summed E-state index contributed by atoms with van der Waals surface area (Å²) in [6.07, 6.45) is 7.66. The Morgan fingerprint density at radius 3 is 2.68 bits per heavy atom. The number of nitrogens with one attached hydrogen (secondary N) is 1. The number of benzene rings is 1. The van der Waals surface area contributed by atoms with Crippen molar-refractivity contribution in [2.75, 3.05) is 19.0 Å². The molecule has 1 saturated carbocycles. The van der Waals surface area contributed by atoms with Crippen LogP contribution in [0.15, 0.2) is 29.4 Å². The Bertz CT molecular complexity index is 508. The molecule has 1 amide bonds. The van der Waals surface area contributed by atoms with E-state index in [9.17, 15) is 4.79 Å². The van der Waals surface area contributed by atoms with Gasteiger partial charge in [0.1, 0.15) is 0 Å². The third-order valence-electron chi connectivity index (χ3n) is 4.24. The lowest BCUT2D eigenvalue weighted by Gasteiger charge is -2.11. The van der Waals surface area contributed by atoms with Gasteiger partial charge in [-0.05, 0) is 36.5 Å². The number of unbranched alkanes of at least 4 members (excludes halogenated alkanes) is 2. The van der Waals surface area contributed by atoms with Crippen LogP contribution in [0.3, 0.4) is 0 Å². The maximum Gasteiger partial charge on any atom is 0.243 e. The van der Waals surface area contributed by atoms with Crippen LogP contribution in [0.25, 0.3) is 0 Å². The van der Waals surface area contributed by atoms with Crippen LogP contribution in [0.5, 0.6) is 0 Å². The number of nitrogens with zero attached hydrogens (tertiary/aromatic N) is 2. The molecule has 0 saturated heterocycles. The fraction of sp³-hybridized carbons (Fsp3) is 0.556. The molecule has 0 radical (unpaired) electrons. The topological polar surface area (TPSA) is 44.7 Å². The zero-order valence-corrected chi connectivity index (χ0v) is 13.9. The van der Waals surface area contributed by atoms with Gasteiger partial charge in [0.05, 0.1) is 6.21 Å². The molecule has 4 nitrogen and oxygen atoms in total. The van der Waals surface area contributed by atoms with E-state index < -0.39 is 0 Å². The Hall–Kier alpha value is -1.84. The average molecular weight is 301 g/mol. The van der Waals surface area contributed by atoms with Gasteiger partial charge in [0, 0.05) is 25.7 Å². The number of anilines is 1. The molecule has 4 heteroatoms. The van der Waals surface area contributed by atoms with Crippen LogP contribution in [-0.2, 0) is 4.79 Å². The lowest BCUT2D eigenvalue weighted by atomic mass is 10.1. The maximum atomic E-state index is 12.0. The second kappa shape index (κ2) is 7.97. The summed E-state index contributed by atoms with van der Waals surface area (Å²) in [7, 11) is 4.02. The number of hydrazone groups is 1. The minimum Gasteiger partial charge on any atom is -0.378 e. The van der Waals surface area contributed by atoms with E-state index in [0.29, 0.717) is 5.92 Å². The van der Waals surface area contributed by atoms with Crippen molar-refractivity contribution in [3.63, 3.8) is 0 Å². The first-order valence-electron chi connectivity index (χ1n) is 8.22. The fourth-order valence-electron chi connectivity index (χ4n) is 2.66. The average Bonchev–Trinajstić information content (AvgIpc) is 3.27. The molecule has 1 aromatic rings. The van der Waals surface area contributed by atoms with Crippen LogP contribution in [0, 0.1) is 11.8 Å². The minimum atomic E-state index is 0.0719. The van der Waals surface area contributed by atoms with E-state index in [-0.39, 0.29) is 11.8 Å². The van der Waals surface area contributed by atoms with E-state index in [2.05, 4.69) is 22.4 Å². The van der Waals surface area contributed by atoms with Crippen LogP contribution < -0.4 is 10.3 Å². The Morgan fingerprint density at radius 2 is 2.05 bits per heavy atom. The third-order valence-corrected chi connectivity index (χ3v) is 4.24. The Morgan fingerprint density at radius 1 is 1.32 bits per heavy atom. The second-order valence-electron chi connectivity index (χ2n) is 6.32. The first kappa shape index (κ1) is 16.5. The van der Waals surface area contributed by atoms with Crippen LogP contribution in [-0.4, -0.2) is 26.2 Å². The summed E-state index contributed by atoms with van der Waals surface area (Å²) in [5, 5.41) is 4.07. The zero-order chi connectivity index (χ0) is 15.9. The lowest BCUT2D eigenvalue weighted by molar-refractivity contribution is -0.122. The highest BCUT2D eigenvalue weighted by atomic mass is 16.2. The van der Waals surface area contributed by atoms with Crippen molar-refractivity contribution < 1.29 is 4.79 Å². The van der Waals surface area contributed by atoms with Gasteiger partial charge in [-0.15, -0.1) is 0 Å². The molecule has 2 rings (SSSR count). The smallest absolute Gasteiger partial charge is 0.243 e. The normalized spacial score (nSPS) is 20.1. The monoisotopic (exact) mass is 301 g/mol. The van der Waals surface area contributed by atoms with Gasteiger partial charge in [-0.1, -0.05) is 38.3 Å². The van der Waals surface area contributed by atoms with Crippen LogP contribution in [0.4, 0.5) is 5.69 Å². The number of carbonyl (C=O) groups is 1. The molecule has 120 valence electrons. The van der Waals surface area contributed by atoms with Crippen LogP contribution in [0.2, 0.25) is 0 Å². The third kappa shape index (κ3) is 4.86. The molecule has 1 aliphatic carbocycles. The summed E-state index contributed by atoms with van der Waals surface area (Å²) in [6.45, 7) is 2.21. The Labute approximate surface area is 133 Å². The van der Waals surface area contributed by atoms with Gasteiger partial charge in [-0.3, -0.25) is 4.79 Å². The minimum absolute atomic E-state index is 0.0719. The van der Waals surface area contributed by atoms with Gasteiger partial charge in [0.25, 0.3) is 0 Å². The maximum absolute atomic E-state index is 12.0. The summed E-state index contributed by atoms with van der Waals surface area (Å²) in [4.78, 5) is 14.0. The molecule has 1 N–H and O–H groups in total. The van der Waals surface area contributed by atoms with E-state index in [0.717, 1.165) is 17.7 Å². The first-order chi connectivity index (χ1) is 10.6. The number of hydrogen-bond donors (Lipinski definition) is 1. The highest BCUT2D eigenvalue weighted by Crippen LogP contribution is 2.42. The molecule has 1 aliphatic rings. The van der Waals surface area contributed by atoms with Gasteiger partial charge < -0.3 is 4.90 Å². The predicted octanol–water partition coefficient (Wildman–Crippen LogP) is 3.42. The molecule has 0 unspecified atom stereocenters. The predicted molar refractivity (Wildman–Crippen MR) is 92.2 cm³/mol. The van der Waals surface area contributed by atoms with Gasteiger partial charge in [-0.2, -0.15) is 5.10 Å². The molecule has 0 heterocycles. The molecule has 0 spiro atoms. The molecule has 0 aromatic heterocycles. The van der Waals surface area contributed by atoms with Crippen molar-refractivity contribution in [2.45, 2.75) is 39.0 Å². The molecule has 0 aliphatic heterocycles. The first-order valence-corrected chi connectivity index (χ1v) is 8.22. The molecule has 2 atom stereocenters. The van der Waals surface area contributed by atoms with E-state index in [4.69, 9.17) is 0 Å². The number of amides is 1. The van der Waals surface area contributed by atoms with Gasteiger partial charge >= 0.3 is 0 Å². The number of hydrogen-bond acceptors (Lipinski definition) is 3. The van der Waals surface area contributed by atoms with E-state index in [1.165, 1.54) is 25.7 Å². The van der Waals surface area contributed by atoms with Crippen molar-refractivity contribution in [2.24, 2.45) is 16.9 Å².